The second kappa shape index (κ2) is 10.1. The van der Waals surface area contributed by atoms with Gasteiger partial charge in [-0.2, -0.15) is 5.26 Å². The van der Waals surface area contributed by atoms with Crippen LogP contribution in [0.5, 0.6) is 0 Å². The molecule has 0 atom stereocenters. The van der Waals surface area contributed by atoms with Crippen LogP contribution in [0.4, 0.5) is 0 Å². The molecule has 0 radical (unpaired) electrons. The van der Waals surface area contributed by atoms with Crippen LogP contribution >= 0.6 is 12.2 Å². The molecule has 1 saturated carbocycles. The summed E-state index contributed by atoms with van der Waals surface area (Å²) in [7, 11) is 0. The second-order valence-electron chi connectivity index (χ2n) is 6.34. The van der Waals surface area contributed by atoms with Crippen LogP contribution in [0.1, 0.15) is 64.2 Å². The fourth-order valence-electron chi connectivity index (χ4n) is 3.21. The number of rotatable bonds is 4. The highest BCUT2D eigenvalue weighted by molar-refractivity contribution is 7.80. The van der Waals surface area contributed by atoms with E-state index in [1.807, 2.05) is 6.07 Å². The number of allylic oxidation sites excluding steroid dienone is 2. The lowest BCUT2D eigenvalue weighted by Crippen LogP contribution is -2.47. The molecule has 0 aromatic carbocycles. The smallest absolute Gasteiger partial charge is 0.280 e. The average molecular weight is 347 g/mol. The maximum absolute atomic E-state index is 12.1. The van der Waals surface area contributed by atoms with E-state index in [1.165, 1.54) is 37.7 Å². The molecule has 1 fully saturated rings. The first-order valence-electron chi connectivity index (χ1n) is 8.85. The van der Waals surface area contributed by atoms with E-state index >= 15 is 0 Å². The standard InChI is InChI=1S/C18H26N4OS/c19-13-16(15-9-5-2-6-10-15)17(23)21-22-18(24)20-12-11-14-7-3-1-4-8-14/h7H,1-6,8-12H2,(H,21,23)(H2,20,22,24). The van der Waals surface area contributed by atoms with E-state index < -0.39 is 5.91 Å². The van der Waals surface area contributed by atoms with Crippen LogP contribution in [0, 0.1) is 11.3 Å². The van der Waals surface area contributed by atoms with Crippen LogP contribution in [0.25, 0.3) is 0 Å². The molecule has 0 saturated heterocycles. The Morgan fingerprint density at radius 2 is 1.88 bits per heavy atom. The van der Waals surface area contributed by atoms with Crippen molar-refractivity contribution in [3.63, 3.8) is 0 Å². The third kappa shape index (κ3) is 5.97. The third-order valence-corrected chi connectivity index (χ3v) is 4.80. The summed E-state index contributed by atoms with van der Waals surface area (Å²) < 4.78 is 0. The van der Waals surface area contributed by atoms with Crippen molar-refractivity contribution in [1.29, 1.82) is 5.26 Å². The van der Waals surface area contributed by atoms with Crippen LogP contribution < -0.4 is 16.2 Å². The number of amides is 1. The van der Waals surface area contributed by atoms with Crippen molar-refractivity contribution < 1.29 is 4.79 Å². The maximum Gasteiger partial charge on any atom is 0.280 e. The number of hydrogen-bond donors (Lipinski definition) is 3. The Kier molecular flexibility index (Phi) is 7.76. The van der Waals surface area contributed by atoms with Crippen molar-refractivity contribution in [3.8, 4) is 6.07 Å². The van der Waals surface area contributed by atoms with Gasteiger partial charge in [-0.15, -0.1) is 0 Å². The summed E-state index contributed by atoms with van der Waals surface area (Å²) in [5, 5.41) is 12.7. The maximum atomic E-state index is 12.1. The molecule has 130 valence electrons. The van der Waals surface area contributed by atoms with E-state index in [9.17, 15) is 10.1 Å². The summed E-state index contributed by atoms with van der Waals surface area (Å²) in [6.07, 6.45) is 13.2. The summed E-state index contributed by atoms with van der Waals surface area (Å²) in [5.74, 6) is -0.395. The molecule has 0 aromatic rings. The van der Waals surface area contributed by atoms with E-state index in [2.05, 4.69) is 22.2 Å². The third-order valence-electron chi connectivity index (χ3n) is 4.56. The summed E-state index contributed by atoms with van der Waals surface area (Å²) in [4.78, 5) is 12.1. The van der Waals surface area contributed by atoms with Gasteiger partial charge in [-0.3, -0.25) is 15.6 Å². The van der Waals surface area contributed by atoms with E-state index in [-0.39, 0.29) is 5.57 Å². The van der Waals surface area contributed by atoms with Crippen LogP contribution in [0.3, 0.4) is 0 Å². The SMILES string of the molecule is N#CC(C(=O)NNC(=S)NCCC1=CCCCC1)=C1CCCCC1. The van der Waals surface area contributed by atoms with Crippen molar-refractivity contribution in [2.24, 2.45) is 0 Å². The summed E-state index contributed by atoms with van der Waals surface area (Å²) in [5.41, 5.74) is 7.90. The fraction of sp³-hybridized carbons (Fsp3) is 0.611. The van der Waals surface area contributed by atoms with E-state index in [1.54, 1.807) is 0 Å². The van der Waals surface area contributed by atoms with Crippen LogP contribution in [-0.2, 0) is 4.79 Å². The molecule has 6 heteroatoms. The number of hydrazine groups is 1. The van der Waals surface area contributed by atoms with Crippen LogP contribution in [-0.4, -0.2) is 17.6 Å². The lowest BCUT2D eigenvalue weighted by Gasteiger charge is -2.17. The quantitative estimate of drug-likeness (QED) is 0.240. The Morgan fingerprint density at radius 1 is 1.12 bits per heavy atom. The zero-order valence-electron chi connectivity index (χ0n) is 14.1. The predicted molar refractivity (Wildman–Crippen MR) is 98.8 cm³/mol. The van der Waals surface area contributed by atoms with Gasteiger partial charge in [-0.1, -0.05) is 18.1 Å². The molecule has 2 aliphatic carbocycles. The van der Waals surface area contributed by atoms with Gasteiger partial charge in [0, 0.05) is 6.54 Å². The molecule has 5 nitrogen and oxygen atoms in total. The molecule has 0 aromatic heterocycles. The highest BCUT2D eigenvalue weighted by Crippen LogP contribution is 2.25. The molecule has 0 heterocycles. The van der Waals surface area contributed by atoms with Crippen molar-refractivity contribution in [1.82, 2.24) is 16.2 Å². The van der Waals surface area contributed by atoms with Gasteiger partial charge in [-0.05, 0) is 75.6 Å². The molecule has 0 spiro atoms. The minimum Gasteiger partial charge on any atom is -0.361 e. The van der Waals surface area contributed by atoms with Gasteiger partial charge in [-0.25, -0.2) is 0 Å². The Balaban J connectivity index is 1.71. The van der Waals surface area contributed by atoms with E-state index in [0.29, 0.717) is 5.11 Å². The Morgan fingerprint density at radius 3 is 2.54 bits per heavy atom. The first kappa shape index (κ1) is 18.5. The molecule has 24 heavy (non-hydrogen) atoms. The Bertz CT molecular complexity index is 566. The zero-order chi connectivity index (χ0) is 17.2. The number of thiocarbonyl (C=S) groups is 1. The normalized spacial score (nSPS) is 17.3. The average Bonchev–Trinajstić information content (AvgIpc) is 2.62. The van der Waals surface area contributed by atoms with Crippen molar-refractivity contribution in [2.75, 3.05) is 6.54 Å². The number of carbonyl (C=O) groups excluding carboxylic acids is 1. The van der Waals surface area contributed by atoms with E-state index in [0.717, 1.165) is 44.2 Å². The zero-order valence-corrected chi connectivity index (χ0v) is 14.9. The van der Waals surface area contributed by atoms with Gasteiger partial charge in [0.1, 0.15) is 11.6 Å². The van der Waals surface area contributed by atoms with Gasteiger partial charge in [0.2, 0.25) is 0 Å². The van der Waals surface area contributed by atoms with Gasteiger partial charge in [0.05, 0.1) is 0 Å². The molecule has 0 aliphatic heterocycles. The van der Waals surface area contributed by atoms with Gasteiger partial charge >= 0.3 is 0 Å². The van der Waals surface area contributed by atoms with Crippen LogP contribution in [0.2, 0.25) is 0 Å². The number of nitriles is 1. The van der Waals surface area contributed by atoms with Crippen molar-refractivity contribution in [2.45, 2.75) is 64.2 Å². The summed E-state index contributed by atoms with van der Waals surface area (Å²) >= 11 is 5.16. The van der Waals surface area contributed by atoms with Crippen molar-refractivity contribution in [3.05, 3.63) is 22.8 Å². The lowest BCUT2D eigenvalue weighted by atomic mass is 9.91. The molecule has 2 aliphatic rings. The number of nitrogens with one attached hydrogen (secondary N) is 3. The molecule has 0 bridgehead atoms. The minimum atomic E-state index is -0.395. The first-order chi connectivity index (χ1) is 11.7. The largest absolute Gasteiger partial charge is 0.361 e. The second-order valence-corrected chi connectivity index (χ2v) is 6.75. The molecule has 3 N–H and O–H groups in total. The Hall–Kier alpha value is -1.87. The first-order valence-corrected chi connectivity index (χ1v) is 9.25. The van der Waals surface area contributed by atoms with Gasteiger partial charge < -0.3 is 5.32 Å². The number of nitrogens with zero attached hydrogens (tertiary/aromatic N) is 1. The number of carbonyl (C=O) groups is 1. The lowest BCUT2D eigenvalue weighted by molar-refractivity contribution is -0.117. The predicted octanol–water partition coefficient (Wildman–Crippen LogP) is 3.16. The Labute approximate surface area is 149 Å². The monoisotopic (exact) mass is 346 g/mol. The summed E-state index contributed by atoms with van der Waals surface area (Å²) in [6.45, 7) is 0.750. The molecular weight excluding hydrogens is 320 g/mol. The fourth-order valence-corrected chi connectivity index (χ4v) is 3.36. The number of hydrogen-bond acceptors (Lipinski definition) is 3. The topological polar surface area (TPSA) is 77.0 Å². The minimum absolute atomic E-state index is 0.234. The molecule has 0 unspecified atom stereocenters. The summed E-state index contributed by atoms with van der Waals surface area (Å²) in [6, 6.07) is 2.04. The van der Waals surface area contributed by atoms with Gasteiger partial charge in [0.15, 0.2) is 5.11 Å². The van der Waals surface area contributed by atoms with Crippen molar-refractivity contribution >= 4 is 23.2 Å². The van der Waals surface area contributed by atoms with Crippen LogP contribution in [0.15, 0.2) is 22.8 Å². The molecule has 1 amide bonds. The highest BCUT2D eigenvalue weighted by Gasteiger charge is 2.17. The van der Waals surface area contributed by atoms with E-state index in [4.69, 9.17) is 12.2 Å². The van der Waals surface area contributed by atoms with Gasteiger partial charge in [0.25, 0.3) is 5.91 Å². The highest BCUT2D eigenvalue weighted by atomic mass is 32.1. The molecule has 2 rings (SSSR count). The molecular formula is C18H26N4OS.